The molecule has 1 heterocycles. The third kappa shape index (κ3) is 2.62. The van der Waals surface area contributed by atoms with Gasteiger partial charge in [0.1, 0.15) is 22.9 Å². The number of hydrogen-bond donors (Lipinski definition) is 1. The molecular formula is C12H11NO3S. The van der Waals surface area contributed by atoms with Gasteiger partial charge in [-0.25, -0.2) is 9.78 Å². The third-order valence-electron chi connectivity index (χ3n) is 2.27. The van der Waals surface area contributed by atoms with Crippen molar-refractivity contribution in [2.45, 2.75) is 13.5 Å². The van der Waals surface area contributed by atoms with Crippen LogP contribution in [0, 0.1) is 6.92 Å². The maximum absolute atomic E-state index is 11.0. The first-order chi connectivity index (χ1) is 8.18. The number of nitrogens with zero attached hydrogens (tertiary/aromatic N) is 1. The van der Waals surface area contributed by atoms with Crippen molar-refractivity contribution in [3.8, 4) is 5.75 Å². The molecule has 2 rings (SSSR count). The van der Waals surface area contributed by atoms with E-state index in [1.807, 2.05) is 18.4 Å². The molecule has 1 aromatic heterocycles. The highest BCUT2D eigenvalue weighted by Crippen LogP contribution is 2.24. The summed E-state index contributed by atoms with van der Waals surface area (Å²) in [5.74, 6) is -0.571. The Balaban J connectivity index is 2.22. The van der Waals surface area contributed by atoms with E-state index < -0.39 is 5.97 Å². The number of rotatable bonds is 4. The Morgan fingerprint density at radius 1 is 1.53 bits per heavy atom. The normalized spacial score (nSPS) is 10.2. The molecule has 1 aromatic carbocycles. The van der Waals surface area contributed by atoms with E-state index >= 15 is 0 Å². The average Bonchev–Trinajstić information content (AvgIpc) is 2.80. The molecule has 0 spiro atoms. The van der Waals surface area contributed by atoms with Gasteiger partial charge in [-0.05, 0) is 18.6 Å². The first-order valence-corrected chi connectivity index (χ1v) is 5.90. The molecule has 0 radical (unpaired) electrons. The Labute approximate surface area is 103 Å². The first-order valence-electron chi connectivity index (χ1n) is 5.02. The van der Waals surface area contributed by atoms with E-state index in [-0.39, 0.29) is 5.56 Å². The van der Waals surface area contributed by atoms with Crippen LogP contribution in [0.15, 0.2) is 29.8 Å². The zero-order chi connectivity index (χ0) is 12.3. The molecule has 0 saturated heterocycles. The van der Waals surface area contributed by atoms with Crippen molar-refractivity contribution >= 4 is 17.3 Å². The van der Waals surface area contributed by atoms with Gasteiger partial charge in [0, 0.05) is 11.6 Å². The average molecular weight is 249 g/mol. The number of thiazole rings is 1. The van der Waals surface area contributed by atoms with Crippen molar-refractivity contribution in [2.75, 3.05) is 0 Å². The smallest absolute Gasteiger partial charge is 0.339 e. The molecule has 2 aromatic rings. The van der Waals surface area contributed by atoms with Crippen LogP contribution in [0.2, 0.25) is 0 Å². The van der Waals surface area contributed by atoms with Crippen LogP contribution >= 0.6 is 11.3 Å². The third-order valence-corrected chi connectivity index (χ3v) is 3.02. The van der Waals surface area contributed by atoms with Crippen molar-refractivity contribution in [1.82, 2.24) is 4.98 Å². The maximum Gasteiger partial charge on any atom is 0.339 e. The van der Waals surface area contributed by atoms with Gasteiger partial charge in [0.2, 0.25) is 0 Å². The largest absolute Gasteiger partial charge is 0.485 e. The fourth-order valence-electron chi connectivity index (χ4n) is 1.47. The topological polar surface area (TPSA) is 59.4 Å². The molecule has 4 nitrogen and oxygen atoms in total. The number of aromatic nitrogens is 1. The quantitative estimate of drug-likeness (QED) is 0.905. The monoisotopic (exact) mass is 249 g/mol. The van der Waals surface area contributed by atoms with Crippen molar-refractivity contribution < 1.29 is 14.6 Å². The second kappa shape index (κ2) is 4.97. The van der Waals surface area contributed by atoms with E-state index in [1.54, 1.807) is 12.3 Å². The van der Waals surface area contributed by atoms with Crippen LogP contribution in [0.25, 0.3) is 0 Å². The Kier molecular flexibility index (Phi) is 3.39. The predicted octanol–water partition coefficient (Wildman–Crippen LogP) is 2.73. The molecule has 88 valence electrons. The second-order valence-corrected chi connectivity index (χ2v) is 4.45. The van der Waals surface area contributed by atoms with Crippen LogP contribution in [0.1, 0.15) is 20.9 Å². The molecule has 5 heteroatoms. The maximum atomic E-state index is 11.0. The lowest BCUT2D eigenvalue weighted by Crippen LogP contribution is -2.04. The lowest BCUT2D eigenvalue weighted by molar-refractivity contribution is 0.0691. The van der Waals surface area contributed by atoms with Gasteiger partial charge in [0.05, 0.1) is 0 Å². The fourth-order valence-corrected chi connectivity index (χ4v) is 2.00. The molecule has 0 aliphatic rings. The molecular weight excluding hydrogens is 238 g/mol. The molecule has 0 fully saturated rings. The number of aryl methyl sites for hydroxylation is 1. The lowest BCUT2D eigenvalue weighted by atomic mass is 10.1. The fraction of sp³-hybridized carbons (Fsp3) is 0.167. The molecule has 0 bridgehead atoms. The van der Waals surface area contributed by atoms with E-state index in [2.05, 4.69) is 4.98 Å². The zero-order valence-corrected chi connectivity index (χ0v) is 10.0. The minimum atomic E-state index is -0.983. The highest BCUT2D eigenvalue weighted by atomic mass is 32.1. The van der Waals surface area contributed by atoms with Crippen molar-refractivity contribution in [3.05, 3.63) is 45.9 Å². The van der Waals surface area contributed by atoms with E-state index in [9.17, 15) is 4.79 Å². The number of carbonyl (C=O) groups is 1. The van der Waals surface area contributed by atoms with E-state index in [4.69, 9.17) is 9.84 Å². The number of carboxylic acids is 1. The molecule has 0 saturated carbocycles. The highest BCUT2D eigenvalue weighted by molar-refractivity contribution is 7.09. The number of carboxylic acid groups (broad SMARTS) is 1. The zero-order valence-electron chi connectivity index (χ0n) is 9.21. The molecule has 0 amide bonds. The molecule has 1 N–H and O–H groups in total. The number of para-hydroxylation sites is 1. The van der Waals surface area contributed by atoms with Crippen LogP contribution < -0.4 is 4.74 Å². The molecule has 0 aliphatic carbocycles. The highest BCUT2D eigenvalue weighted by Gasteiger charge is 2.13. The SMILES string of the molecule is Cc1cccc(C(=O)O)c1OCc1nccs1. The Morgan fingerprint density at radius 2 is 2.35 bits per heavy atom. The number of benzene rings is 1. The van der Waals surface area contributed by atoms with Crippen LogP contribution in [0.3, 0.4) is 0 Å². The summed E-state index contributed by atoms with van der Waals surface area (Å²) in [5, 5.41) is 11.7. The summed E-state index contributed by atoms with van der Waals surface area (Å²) in [4.78, 5) is 15.1. The summed E-state index contributed by atoms with van der Waals surface area (Å²) in [7, 11) is 0. The van der Waals surface area contributed by atoms with Gasteiger partial charge in [-0.3, -0.25) is 0 Å². The predicted molar refractivity (Wildman–Crippen MR) is 64.6 cm³/mol. The minimum Gasteiger partial charge on any atom is -0.485 e. The van der Waals surface area contributed by atoms with Gasteiger partial charge in [-0.15, -0.1) is 11.3 Å². The van der Waals surface area contributed by atoms with E-state index in [0.717, 1.165) is 10.6 Å². The molecule has 0 atom stereocenters. The number of aromatic carboxylic acids is 1. The van der Waals surface area contributed by atoms with Gasteiger partial charge >= 0.3 is 5.97 Å². The van der Waals surface area contributed by atoms with Crippen LogP contribution in [-0.4, -0.2) is 16.1 Å². The van der Waals surface area contributed by atoms with Crippen molar-refractivity contribution in [2.24, 2.45) is 0 Å². The summed E-state index contributed by atoms with van der Waals surface area (Å²) in [6, 6.07) is 5.06. The summed E-state index contributed by atoms with van der Waals surface area (Å²) in [6.07, 6.45) is 1.69. The van der Waals surface area contributed by atoms with Crippen molar-refractivity contribution in [1.29, 1.82) is 0 Å². The van der Waals surface area contributed by atoms with E-state index in [0.29, 0.717) is 12.4 Å². The van der Waals surface area contributed by atoms with Gasteiger partial charge in [-0.2, -0.15) is 0 Å². The lowest BCUT2D eigenvalue weighted by Gasteiger charge is -2.10. The summed E-state index contributed by atoms with van der Waals surface area (Å²) < 4.78 is 5.54. The van der Waals surface area contributed by atoms with Gasteiger partial charge in [-0.1, -0.05) is 12.1 Å². The molecule has 0 unspecified atom stereocenters. The van der Waals surface area contributed by atoms with Gasteiger partial charge in [0.25, 0.3) is 0 Å². The van der Waals surface area contributed by atoms with Crippen molar-refractivity contribution in [3.63, 3.8) is 0 Å². The number of hydrogen-bond acceptors (Lipinski definition) is 4. The standard InChI is InChI=1S/C12H11NO3S/c1-8-3-2-4-9(12(14)15)11(8)16-7-10-13-5-6-17-10/h2-6H,7H2,1H3,(H,14,15). The van der Waals surface area contributed by atoms with Gasteiger partial charge in [0.15, 0.2) is 0 Å². The summed E-state index contributed by atoms with van der Waals surface area (Å²) >= 11 is 1.48. The minimum absolute atomic E-state index is 0.182. The van der Waals surface area contributed by atoms with Gasteiger partial charge < -0.3 is 9.84 Å². The van der Waals surface area contributed by atoms with E-state index in [1.165, 1.54) is 17.4 Å². The first kappa shape index (κ1) is 11.6. The summed E-state index contributed by atoms with van der Waals surface area (Å²) in [5.41, 5.74) is 0.989. The Hall–Kier alpha value is -1.88. The Morgan fingerprint density at radius 3 is 3.00 bits per heavy atom. The van der Waals surface area contributed by atoms with Crippen LogP contribution in [0.4, 0.5) is 0 Å². The Bertz CT molecular complexity index is 523. The van der Waals surface area contributed by atoms with Crippen LogP contribution in [-0.2, 0) is 6.61 Å². The second-order valence-electron chi connectivity index (χ2n) is 3.47. The van der Waals surface area contributed by atoms with Crippen LogP contribution in [0.5, 0.6) is 5.75 Å². The number of ether oxygens (including phenoxy) is 1. The summed E-state index contributed by atoms with van der Waals surface area (Å²) in [6.45, 7) is 2.12. The molecule has 0 aliphatic heterocycles. The molecule has 17 heavy (non-hydrogen) atoms.